The van der Waals surface area contributed by atoms with Crippen LogP contribution in [0.2, 0.25) is 0 Å². The van der Waals surface area contributed by atoms with Gasteiger partial charge in [0.05, 0.1) is 5.92 Å². The molecule has 118 valence electrons. The average Bonchev–Trinajstić information content (AvgIpc) is 2.82. The van der Waals surface area contributed by atoms with Crippen molar-refractivity contribution in [2.24, 2.45) is 22.7 Å². The predicted molar refractivity (Wildman–Crippen MR) is 78.8 cm³/mol. The number of amides is 2. The molecule has 2 amide bonds. The first-order chi connectivity index (χ1) is 9.68. The molecule has 0 spiro atoms. The summed E-state index contributed by atoms with van der Waals surface area (Å²) >= 11 is 0. The number of urea groups is 1. The molecule has 0 aromatic rings. The van der Waals surface area contributed by atoms with Crippen molar-refractivity contribution in [2.75, 3.05) is 6.54 Å². The number of nitrogens with zero attached hydrogens (tertiary/aromatic N) is 1. The number of hydrogen-bond acceptors (Lipinski definition) is 2. The molecule has 2 aliphatic heterocycles. The molecule has 3 atom stereocenters. The van der Waals surface area contributed by atoms with Crippen LogP contribution in [0.1, 0.15) is 47.0 Å². The van der Waals surface area contributed by atoms with Gasteiger partial charge in [-0.05, 0) is 36.0 Å². The van der Waals surface area contributed by atoms with Crippen LogP contribution in [-0.4, -0.2) is 40.6 Å². The maximum absolute atomic E-state index is 12.5. The molecule has 2 bridgehead atoms. The van der Waals surface area contributed by atoms with E-state index in [1.54, 1.807) is 4.90 Å². The minimum Gasteiger partial charge on any atom is -0.481 e. The Kier molecular flexibility index (Phi) is 3.05. The molecule has 3 fully saturated rings. The van der Waals surface area contributed by atoms with Gasteiger partial charge in [-0.15, -0.1) is 0 Å². The van der Waals surface area contributed by atoms with Crippen molar-refractivity contribution >= 4 is 12.0 Å². The molecule has 3 aliphatic rings. The van der Waals surface area contributed by atoms with Gasteiger partial charge in [-0.25, -0.2) is 4.79 Å². The highest BCUT2D eigenvalue weighted by atomic mass is 16.4. The number of aliphatic carboxylic acids is 1. The number of carboxylic acids is 1. The summed E-state index contributed by atoms with van der Waals surface area (Å²) in [4.78, 5) is 25.5. The van der Waals surface area contributed by atoms with E-state index < -0.39 is 5.97 Å². The molecule has 21 heavy (non-hydrogen) atoms. The van der Waals surface area contributed by atoms with Gasteiger partial charge < -0.3 is 15.3 Å². The van der Waals surface area contributed by atoms with Crippen molar-refractivity contribution in [3.8, 4) is 0 Å². The van der Waals surface area contributed by atoms with Gasteiger partial charge in [0.1, 0.15) is 0 Å². The Bertz CT molecular complexity index is 472. The standard InChI is InChI=1S/C16H26N2O3/c1-15(2)12(16(15,3)4)8-17-14(21)18-9-5-6-11(18)10(7-9)13(19)20/h9-12H,5-8H2,1-4H3,(H,17,21)(H,19,20). The molecule has 2 N–H and O–H groups in total. The number of carbonyl (C=O) groups is 2. The van der Waals surface area contributed by atoms with Crippen molar-refractivity contribution in [2.45, 2.75) is 59.0 Å². The van der Waals surface area contributed by atoms with E-state index in [-0.39, 0.29) is 34.9 Å². The molecule has 0 aromatic heterocycles. The maximum Gasteiger partial charge on any atom is 0.317 e. The third-order valence-electron chi connectivity index (χ3n) is 6.87. The Hall–Kier alpha value is -1.26. The number of nitrogens with one attached hydrogen (secondary N) is 1. The van der Waals surface area contributed by atoms with E-state index in [0.29, 0.717) is 18.9 Å². The summed E-state index contributed by atoms with van der Waals surface area (Å²) in [7, 11) is 0. The van der Waals surface area contributed by atoms with Gasteiger partial charge in [0.15, 0.2) is 0 Å². The minimum atomic E-state index is -0.760. The van der Waals surface area contributed by atoms with E-state index in [1.807, 2.05) is 0 Å². The van der Waals surface area contributed by atoms with Gasteiger partial charge in [-0.3, -0.25) is 4.79 Å². The summed E-state index contributed by atoms with van der Waals surface area (Å²) in [5.41, 5.74) is 0.516. The number of carboxylic acid groups (broad SMARTS) is 1. The molecular weight excluding hydrogens is 268 g/mol. The van der Waals surface area contributed by atoms with E-state index in [0.717, 1.165) is 12.8 Å². The summed E-state index contributed by atoms with van der Waals surface area (Å²) in [6, 6.07) is -0.0474. The lowest BCUT2D eigenvalue weighted by Gasteiger charge is -2.23. The van der Waals surface area contributed by atoms with E-state index in [2.05, 4.69) is 33.0 Å². The fourth-order valence-electron chi connectivity index (χ4n) is 4.69. The second-order valence-corrected chi connectivity index (χ2v) is 8.07. The second-order valence-electron chi connectivity index (χ2n) is 8.07. The third kappa shape index (κ3) is 1.96. The molecule has 2 saturated heterocycles. The highest BCUT2D eigenvalue weighted by Gasteiger charge is 2.64. The van der Waals surface area contributed by atoms with E-state index in [1.165, 1.54) is 0 Å². The molecule has 5 heteroatoms. The highest BCUT2D eigenvalue weighted by molar-refractivity contribution is 5.79. The van der Waals surface area contributed by atoms with Crippen LogP contribution in [0, 0.1) is 22.7 Å². The van der Waals surface area contributed by atoms with Crippen LogP contribution in [0.15, 0.2) is 0 Å². The van der Waals surface area contributed by atoms with Crippen LogP contribution < -0.4 is 5.32 Å². The number of fused-ring (bicyclic) bond motifs is 2. The van der Waals surface area contributed by atoms with Crippen LogP contribution >= 0.6 is 0 Å². The minimum absolute atomic E-state index is 0.0650. The average molecular weight is 294 g/mol. The Balaban J connectivity index is 1.59. The fourth-order valence-corrected chi connectivity index (χ4v) is 4.69. The van der Waals surface area contributed by atoms with Crippen LogP contribution in [0.3, 0.4) is 0 Å². The zero-order valence-corrected chi connectivity index (χ0v) is 13.3. The largest absolute Gasteiger partial charge is 0.481 e. The molecule has 0 radical (unpaired) electrons. The van der Waals surface area contributed by atoms with Gasteiger partial charge in [-0.2, -0.15) is 0 Å². The summed E-state index contributed by atoms with van der Waals surface area (Å²) in [5.74, 6) is -0.641. The first-order valence-corrected chi connectivity index (χ1v) is 7.97. The van der Waals surface area contributed by atoms with E-state index >= 15 is 0 Å². The van der Waals surface area contributed by atoms with Gasteiger partial charge in [0, 0.05) is 18.6 Å². The van der Waals surface area contributed by atoms with Crippen molar-refractivity contribution in [1.29, 1.82) is 0 Å². The lowest BCUT2D eigenvalue weighted by atomic mass is 9.89. The SMILES string of the molecule is CC1(C)C(CNC(=O)N2C3CCC2C(C(=O)O)C3)C1(C)C. The summed E-state index contributed by atoms with van der Waals surface area (Å²) in [6.07, 6.45) is 2.39. The number of hydrogen-bond donors (Lipinski definition) is 2. The maximum atomic E-state index is 12.5. The number of rotatable bonds is 3. The van der Waals surface area contributed by atoms with E-state index in [9.17, 15) is 14.7 Å². The Morgan fingerprint density at radius 2 is 1.81 bits per heavy atom. The van der Waals surface area contributed by atoms with Gasteiger partial charge in [0.2, 0.25) is 0 Å². The van der Waals surface area contributed by atoms with Crippen LogP contribution in [-0.2, 0) is 4.79 Å². The first-order valence-electron chi connectivity index (χ1n) is 7.97. The van der Waals surface area contributed by atoms with Gasteiger partial charge in [-0.1, -0.05) is 27.7 Å². The van der Waals surface area contributed by atoms with Gasteiger partial charge in [0.25, 0.3) is 0 Å². The lowest BCUT2D eigenvalue weighted by molar-refractivity contribution is -0.142. The van der Waals surface area contributed by atoms with Crippen LogP contribution in [0.4, 0.5) is 4.79 Å². The topological polar surface area (TPSA) is 69.6 Å². The van der Waals surface area contributed by atoms with Gasteiger partial charge >= 0.3 is 12.0 Å². The van der Waals surface area contributed by atoms with Crippen molar-refractivity contribution in [1.82, 2.24) is 10.2 Å². The molecule has 2 heterocycles. The summed E-state index contributed by atoms with van der Waals surface area (Å²) in [6.45, 7) is 9.65. The van der Waals surface area contributed by atoms with Crippen molar-refractivity contribution < 1.29 is 14.7 Å². The lowest BCUT2D eigenvalue weighted by Crippen LogP contribution is -2.45. The summed E-state index contributed by atoms with van der Waals surface area (Å²) < 4.78 is 0. The zero-order valence-electron chi connectivity index (χ0n) is 13.3. The molecule has 3 unspecified atom stereocenters. The zero-order chi connectivity index (χ0) is 15.6. The highest BCUT2D eigenvalue weighted by Crippen LogP contribution is 2.67. The first kappa shape index (κ1) is 14.7. The molecular formula is C16H26N2O3. The monoisotopic (exact) mass is 294 g/mol. The summed E-state index contributed by atoms with van der Waals surface area (Å²) in [5, 5.41) is 12.3. The predicted octanol–water partition coefficient (Wildman–Crippen LogP) is 2.32. The Morgan fingerprint density at radius 3 is 2.29 bits per heavy atom. The Labute approximate surface area is 126 Å². The molecule has 1 aliphatic carbocycles. The second kappa shape index (κ2) is 4.37. The molecule has 0 aromatic carbocycles. The van der Waals surface area contributed by atoms with Crippen molar-refractivity contribution in [3.63, 3.8) is 0 Å². The van der Waals surface area contributed by atoms with Crippen molar-refractivity contribution in [3.05, 3.63) is 0 Å². The van der Waals surface area contributed by atoms with E-state index in [4.69, 9.17) is 0 Å². The fraction of sp³-hybridized carbons (Fsp3) is 0.875. The number of carbonyl (C=O) groups excluding carboxylic acids is 1. The quantitative estimate of drug-likeness (QED) is 0.839. The Morgan fingerprint density at radius 1 is 1.19 bits per heavy atom. The molecule has 1 saturated carbocycles. The normalized spacial score (nSPS) is 35.8. The third-order valence-corrected chi connectivity index (χ3v) is 6.87. The molecule has 5 nitrogen and oxygen atoms in total. The molecule has 3 rings (SSSR count). The van der Waals surface area contributed by atoms with Crippen LogP contribution in [0.5, 0.6) is 0 Å². The smallest absolute Gasteiger partial charge is 0.317 e. The van der Waals surface area contributed by atoms with Crippen LogP contribution in [0.25, 0.3) is 0 Å².